The van der Waals surface area contributed by atoms with Gasteiger partial charge in [0, 0.05) is 57.8 Å². The Balaban J connectivity index is 0.00000148. The Kier molecular flexibility index (Phi) is 7.30. The lowest BCUT2D eigenvalue weighted by Crippen LogP contribution is -2.46. The van der Waals surface area contributed by atoms with Gasteiger partial charge >= 0.3 is 0 Å². The van der Waals surface area contributed by atoms with E-state index in [1.54, 1.807) is 29.9 Å². The fourth-order valence-electron chi connectivity index (χ4n) is 4.47. The zero-order valence-electron chi connectivity index (χ0n) is 20.7. The molecule has 1 fully saturated rings. The van der Waals surface area contributed by atoms with Gasteiger partial charge in [-0.3, -0.25) is 19.2 Å². The molecule has 0 spiro atoms. The summed E-state index contributed by atoms with van der Waals surface area (Å²) in [4.78, 5) is 34.4. The van der Waals surface area contributed by atoms with E-state index in [1.165, 1.54) is 19.3 Å². The highest BCUT2D eigenvalue weighted by atomic mass is 19.1. The molecule has 0 atom stereocenters. The Bertz CT molecular complexity index is 1470. The molecule has 3 aromatic heterocycles. The zero-order valence-corrected chi connectivity index (χ0v) is 20.7. The molecule has 1 saturated heterocycles. The number of rotatable bonds is 4. The van der Waals surface area contributed by atoms with E-state index < -0.39 is 17.7 Å². The lowest BCUT2D eigenvalue weighted by Gasteiger charge is -2.36. The predicted octanol–water partition coefficient (Wildman–Crippen LogP) is 2.80. The van der Waals surface area contributed by atoms with Gasteiger partial charge < -0.3 is 15.2 Å². The van der Waals surface area contributed by atoms with Crippen molar-refractivity contribution in [3.05, 3.63) is 63.8 Å². The number of nitrogens with one attached hydrogen (secondary N) is 2. The molecule has 2 N–H and O–H groups in total. The molecule has 0 aliphatic carbocycles. The number of halogens is 2. The molecule has 9 nitrogen and oxygen atoms in total. The van der Waals surface area contributed by atoms with Crippen LogP contribution in [-0.2, 0) is 13.6 Å². The largest absolute Gasteiger partial charge is 0.365 e. The van der Waals surface area contributed by atoms with Crippen LogP contribution in [0.2, 0.25) is 0 Å². The van der Waals surface area contributed by atoms with Gasteiger partial charge in [0.15, 0.2) is 5.82 Å². The number of hydrogen-bond donors (Lipinski definition) is 2. The smallest absolute Gasteiger partial charge is 0.269 e. The third-order valence-electron chi connectivity index (χ3n) is 6.29. The monoisotopic (exact) mass is 497 g/mol. The molecule has 0 saturated carbocycles. The van der Waals surface area contributed by atoms with E-state index >= 15 is 4.39 Å². The molecule has 190 valence electrons. The van der Waals surface area contributed by atoms with Gasteiger partial charge in [-0.05, 0) is 12.1 Å². The van der Waals surface area contributed by atoms with Crippen LogP contribution in [-0.4, -0.2) is 63.8 Å². The molecular weight excluding hydrogens is 468 g/mol. The number of fused-ring (bicyclic) bond motifs is 3. The lowest BCUT2D eigenvalue weighted by atomic mass is 10.1. The number of carbonyl (C=O) groups excluding carboxylic acids is 1. The van der Waals surface area contributed by atoms with E-state index in [4.69, 9.17) is 0 Å². The number of benzene rings is 1. The third-order valence-corrected chi connectivity index (χ3v) is 6.29. The summed E-state index contributed by atoms with van der Waals surface area (Å²) in [6.07, 6.45) is 1.48. The lowest BCUT2D eigenvalue weighted by molar-refractivity contribution is 0.0957. The number of hydrogen-bond acceptors (Lipinski definition) is 6. The molecular formula is C25H29F2N7O2. The SMILES string of the molecule is CC.CNC(=O)c1ccc(N2CCN(Cc3ccc4c([nH]c(=O)c5cnn(C)c54)c3F)CC2)c(F)n1. The summed E-state index contributed by atoms with van der Waals surface area (Å²) in [5.41, 5.74) is 1.22. The maximum absolute atomic E-state index is 15.4. The first kappa shape index (κ1) is 25.2. The number of H-pyrrole nitrogens is 1. The van der Waals surface area contributed by atoms with Crippen molar-refractivity contribution in [3.8, 4) is 0 Å². The Morgan fingerprint density at radius 3 is 2.47 bits per heavy atom. The van der Waals surface area contributed by atoms with Crippen molar-refractivity contribution < 1.29 is 13.6 Å². The molecule has 0 radical (unpaired) electrons. The van der Waals surface area contributed by atoms with E-state index in [0.717, 1.165) is 0 Å². The van der Waals surface area contributed by atoms with Crippen molar-refractivity contribution >= 4 is 33.4 Å². The Labute approximate surface area is 206 Å². The average molecular weight is 498 g/mol. The molecule has 1 aromatic carbocycles. The van der Waals surface area contributed by atoms with Crippen molar-refractivity contribution in [2.45, 2.75) is 20.4 Å². The predicted molar refractivity (Wildman–Crippen MR) is 135 cm³/mol. The Morgan fingerprint density at radius 2 is 1.81 bits per heavy atom. The van der Waals surface area contributed by atoms with Gasteiger partial charge in [0.2, 0.25) is 5.95 Å². The van der Waals surface area contributed by atoms with Gasteiger partial charge in [0.25, 0.3) is 11.5 Å². The summed E-state index contributed by atoms with van der Waals surface area (Å²) >= 11 is 0. The van der Waals surface area contributed by atoms with Crippen molar-refractivity contribution in [3.63, 3.8) is 0 Å². The van der Waals surface area contributed by atoms with Crippen LogP contribution in [0.4, 0.5) is 14.5 Å². The minimum absolute atomic E-state index is 0.0237. The first-order valence-electron chi connectivity index (χ1n) is 11.9. The van der Waals surface area contributed by atoms with E-state index in [2.05, 4.69) is 25.3 Å². The minimum Gasteiger partial charge on any atom is -0.365 e. The fourth-order valence-corrected chi connectivity index (χ4v) is 4.47. The fraction of sp³-hybridized carbons (Fsp3) is 0.360. The van der Waals surface area contributed by atoms with Crippen LogP contribution < -0.4 is 15.8 Å². The van der Waals surface area contributed by atoms with Crippen LogP contribution in [0.1, 0.15) is 29.9 Å². The van der Waals surface area contributed by atoms with E-state index in [9.17, 15) is 14.0 Å². The number of aryl methyl sites for hydroxylation is 1. The molecule has 0 bridgehead atoms. The topological polar surface area (TPSA) is 99.1 Å². The van der Waals surface area contributed by atoms with Gasteiger partial charge in [-0.2, -0.15) is 9.49 Å². The number of anilines is 1. The number of carbonyl (C=O) groups is 1. The van der Waals surface area contributed by atoms with Crippen molar-refractivity contribution in [1.82, 2.24) is 30.0 Å². The van der Waals surface area contributed by atoms with Gasteiger partial charge in [0.1, 0.15) is 5.69 Å². The molecule has 4 heterocycles. The first-order chi connectivity index (χ1) is 17.4. The molecule has 36 heavy (non-hydrogen) atoms. The Hall–Kier alpha value is -3.86. The summed E-state index contributed by atoms with van der Waals surface area (Å²) in [6.45, 7) is 6.59. The van der Waals surface area contributed by atoms with Crippen molar-refractivity contribution in [2.75, 3.05) is 38.1 Å². The second-order valence-electron chi connectivity index (χ2n) is 8.29. The van der Waals surface area contributed by atoms with Gasteiger partial charge in [-0.1, -0.05) is 26.0 Å². The van der Waals surface area contributed by atoms with Gasteiger partial charge in [-0.25, -0.2) is 9.37 Å². The molecule has 11 heteroatoms. The number of aromatic nitrogens is 4. The zero-order chi connectivity index (χ0) is 26.0. The average Bonchev–Trinajstić information content (AvgIpc) is 3.30. The van der Waals surface area contributed by atoms with Crippen LogP contribution in [0.15, 0.2) is 35.3 Å². The van der Waals surface area contributed by atoms with Crippen molar-refractivity contribution in [2.24, 2.45) is 7.05 Å². The Morgan fingerprint density at radius 1 is 1.08 bits per heavy atom. The number of amides is 1. The summed E-state index contributed by atoms with van der Waals surface area (Å²) in [5, 5.41) is 7.56. The number of pyridine rings is 2. The normalized spacial score (nSPS) is 14.1. The summed E-state index contributed by atoms with van der Waals surface area (Å²) in [7, 11) is 3.18. The highest BCUT2D eigenvalue weighted by Crippen LogP contribution is 2.26. The highest BCUT2D eigenvalue weighted by Gasteiger charge is 2.23. The molecule has 1 amide bonds. The molecule has 5 rings (SSSR count). The molecule has 0 unspecified atom stereocenters. The van der Waals surface area contributed by atoms with E-state index in [0.29, 0.717) is 60.3 Å². The van der Waals surface area contributed by atoms with E-state index in [-0.39, 0.29) is 16.8 Å². The second-order valence-corrected chi connectivity index (χ2v) is 8.29. The van der Waals surface area contributed by atoms with Crippen LogP contribution in [0.25, 0.3) is 21.8 Å². The standard InChI is InChI=1S/C23H23F2N7O2.C2H6/c1-26-23(34)16-5-6-17(21(25)28-16)32-9-7-31(8-10-32)12-13-3-4-14-19(18(13)24)29-22(33)15-11-27-30(2)20(14)15;1-2/h3-6,11H,7-10,12H2,1-2H3,(H,26,34)(H,29,33);1-2H3. The quantitative estimate of drug-likeness (QED) is 0.421. The second kappa shape index (κ2) is 10.4. The van der Waals surface area contributed by atoms with Gasteiger partial charge in [0.05, 0.1) is 28.3 Å². The summed E-state index contributed by atoms with van der Waals surface area (Å²) in [6, 6.07) is 6.59. The third kappa shape index (κ3) is 4.53. The maximum Gasteiger partial charge on any atom is 0.269 e. The van der Waals surface area contributed by atoms with Crippen LogP contribution >= 0.6 is 0 Å². The van der Waals surface area contributed by atoms with Crippen LogP contribution in [0.3, 0.4) is 0 Å². The van der Waals surface area contributed by atoms with Crippen LogP contribution in [0.5, 0.6) is 0 Å². The molecule has 1 aliphatic rings. The molecule has 1 aliphatic heterocycles. The van der Waals surface area contributed by atoms with Crippen LogP contribution in [0, 0.1) is 11.8 Å². The number of aromatic amines is 1. The highest BCUT2D eigenvalue weighted by molar-refractivity contribution is 6.03. The van der Waals surface area contributed by atoms with Gasteiger partial charge in [-0.15, -0.1) is 0 Å². The van der Waals surface area contributed by atoms with Crippen molar-refractivity contribution in [1.29, 1.82) is 0 Å². The maximum atomic E-state index is 15.4. The summed E-state index contributed by atoms with van der Waals surface area (Å²) < 4.78 is 31.4. The number of piperazine rings is 1. The molecule has 4 aromatic rings. The summed E-state index contributed by atoms with van der Waals surface area (Å²) in [5.74, 6) is -1.60. The van der Waals surface area contributed by atoms with E-state index in [1.807, 2.05) is 18.7 Å². The number of nitrogens with zero attached hydrogens (tertiary/aromatic N) is 5. The minimum atomic E-state index is -0.694. The first-order valence-corrected chi connectivity index (χ1v) is 11.9.